The molecule has 0 saturated carbocycles. The van der Waals surface area contributed by atoms with E-state index in [0.717, 1.165) is 12.8 Å². The minimum absolute atomic E-state index is 0.0973. The van der Waals surface area contributed by atoms with Crippen LogP contribution < -0.4 is 0 Å². The van der Waals surface area contributed by atoms with Gasteiger partial charge in [0.15, 0.2) is 0 Å². The highest BCUT2D eigenvalue weighted by molar-refractivity contribution is 4.44. The molecule has 3 N–H and O–H groups in total. The van der Waals surface area contributed by atoms with E-state index in [1.54, 1.807) is 6.92 Å². The van der Waals surface area contributed by atoms with Crippen LogP contribution in [0.3, 0.4) is 0 Å². The molecule has 0 heterocycles. The van der Waals surface area contributed by atoms with Crippen LogP contribution in [0.4, 0.5) is 0 Å². The smallest absolute Gasteiger partial charge is 0.0513 e. The molecule has 0 spiro atoms. The van der Waals surface area contributed by atoms with Crippen molar-refractivity contribution in [3.63, 3.8) is 0 Å². The van der Waals surface area contributed by atoms with Crippen LogP contribution in [0.2, 0.25) is 0 Å². The summed E-state index contributed by atoms with van der Waals surface area (Å²) in [7, 11) is 0. The fourth-order valence-corrected chi connectivity index (χ4v) is 0.886. The average Bonchev–Trinajstić information content (AvgIpc) is 2.12. The zero-order valence-corrected chi connectivity index (χ0v) is 9.74. The number of hydrogen-bond acceptors (Lipinski definition) is 3. The third-order valence-corrected chi connectivity index (χ3v) is 1.76. The maximum atomic E-state index is 8.68. The van der Waals surface area contributed by atoms with E-state index in [1.807, 2.05) is 6.92 Å². The summed E-state index contributed by atoms with van der Waals surface area (Å²) in [6.07, 6.45) is 4.35. The Morgan fingerprint density at radius 2 is 1.36 bits per heavy atom. The molecular formula is C11H26O3. The molecule has 0 aliphatic rings. The van der Waals surface area contributed by atoms with E-state index in [-0.39, 0.29) is 18.8 Å². The number of aliphatic hydroxyl groups is 3. The van der Waals surface area contributed by atoms with Crippen LogP contribution in [-0.4, -0.2) is 34.1 Å². The van der Waals surface area contributed by atoms with Crippen molar-refractivity contribution in [3.05, 3.63) is 0 Å². The Morgan fingerprint density at radius 3 is 1.50 bits per heavy atom. The van der Waals surface area contributed by atoms with E-state index in [1.165, 1.54) is 6.42 Å². The van der Waals surface area contributed by atoms with Crippen LogP contribution in [0.25, 0.3) is 0 Å². The number of unbranched alkanes of at least 4 members (excludes halogenated alkanes) is 1. The van der Waals surface area contributed by atoms with E-state index < -0.39 is 0 Å². The molecule has 0 aromatic rings. The van der Waals surface area contributed by atoms with Gasteiger partial charge in [-0.1, -0.05) is 19.8 Å². The van der Waals surface area contributed by atoms with Crippen LogP contribution >= 0.6 is 0 Å². The number of rotatable bonds is 6. The molecule has 0 aromatic heterocycles. The highest BCUT2D eigenvalue weighted by Crippen LogP contribution is 1.97. The van der Waals surface area contributed by atoms with E-state index in [4.69, 9.17) is 15.3 Å². The molecule has 2 unspecified atom stereocenters. The molecule has 0 bridgehead atoms. The van der Waals surface area contributed by atoms with E-state index in [2.05, 4.69) is 6.92 Å². The van der Waals surface area contributed by atoms with Gasteiger partial charge in [-0.2, -0.15) is 0 Å². The van der Waals surface area contributed by atoms with E-state index in [9.17, 15) is 0 Å². The van der Waals surface area contributed by atoms with Crippen molar-refractivity contribution in [2.45, 2.75) is 65.1 Å². The largest absolute Gasteiger partial charge is 0.396 e. The molecule has 3 nitrogen and oxygen atoms in total. The first-order chi connectivity index (χ1) is 6.54. The quantitative estimate of drug-likeness (QED) is 0.620. The molecule has 0 fully saturated rings. The van der Waals surface area contributed by atoms with Gasteiger partial charge in [-0.05, 0) is 33.1 Å². The third kappa shape index (κ3) is 22.6. The highest BCUT2D eigenvalue weighted by Gasteiger charge is 1.91. The SMILES string of the molecule is CC(O)CCCO.CCCCC(C)O. The van der Waals surface area contributed by atoms with Gasteiger partial charge in [0.2, 0.25) is 0 Å². The number of aliphatic hydroxyl groups excluding tert-OH is 3. The normalized spacial score (nSPS) is 14.1. The van der Waals surface area contributed by atoms with Crippen LogP contribution in [0.15, 0.2) is 0 Å². The summed E-state index contributed by atoms with van der Waals surface area (Å²) < 4.78 is 0. The first kappa shape index (κ1) is 16.3. The topological polar surface area (TPSA) is 60.7 Å². The summed E-state index contributed by atoms with van der Waals surface area (Å²) in [5.41, 5.74) is 0. The summed E-state index contributed by atoms with van der Waals surface area (Å²) >= 11 is 0. The molecular weight excluding hydrogens is 180 g/mol. The zero-order chi connectivity index (χ0) is 11.4. The fraction of sp³-hybridized carbons (Fsp3) is 1.00. The second-order valence-electron chi connectivity index (χ2n) is 3.71. The van der Waals surface area contributed by atoms with Crippen molar-refractivity contribution >= 4 is 0 Å². The molecule has 0 aromatic carbocycles. The Morgan fingerprint density at radius 1 is 0.929 bits per heavy atom. The van der Waals surface area contributed by atoms with Gasteiger partial charge in [0.05, 0.1) is 12.2 Å². The molecule has 0 saturated heterocycles. The summed E-state index contributed by atoms with van der Waals surface area (Å²) in [6.45, 7) is 5.86. The Labute approximate surface area is 87.8 Å². The molecule has 0 rings (SSSR count). The molecule has 0 amide bonds. The maximum absolute atomic E-state index is 8.68. The second-order valence-corrected chi connectivity index (χ2v) is 3.71. The Balaban J connectivity index is 0. The molecule has 88 valence electrons. The third-order valence-electron chi connectivity index (χ3n) is 1.76. The lowest BCUT2D eigenvalue weighted by Gasteiger charge is -1.98. The lowest BCUT2D eigenvalue weighted by atomic mass is 10.2. The van der Waals surface area contributed by atoms with Crippen molar-refractivity contribution in [1.29, 1.82) is 0 Å². The van der Waals surface area contributed by atoms with Crippen LogP contribution in [0.1, 0.15) is 52.9 Å². The van der Waals surface area contributed by atoms with E-state index >= 15 is 0 Å². The van der Waals surface area contributed by atoms with Crippen molar-refractivity contribution in [1.82, 2.24) is 0 Å². The second kappa shape index (κ2) is 12.9. The zero-order valence-electron chi connectivity index (χ0n) is 9.74. The lowest BCUT2D eigenvalue weighted by Crippen LogP contribution is -1.99. The minimum atomic E-state index is -0.257. The van der Waals surface area contributed by atoms with Gasteiger partial charge in [0, 0.05) is 6.61 Å². The molecule has 2 atom stereocenters. The Hall–Kier alpha value is -0.120. The van der Waals surface area contributed by atoms with Gasteiger partial charge >= 0.3 is 0 Å². The van der Waals surface area contributed by atoms with E-state index in [0.29, 0.717) is 12.8 Å². The Kier molecular flexibility index (Phi) is 15.0. The van der Waals surface area contributed by atoms with Crippen molar-refractivity contribution in [2.75, 3.05) is 6.61 Å². The molecule has 0 aliphatic heterocycles. The van der Waals surface area contributed by atoms with Crippen molar-refractivity contribution in [2.24, 2.45) is 0 Å². The molecule has 14 heavy (non-hydrogen) atoms. The standard InChI is InChI=1S/C6H14O.C5H12O2/c1-3-4-5-6(2)7;1-5(7)3-2-4-6/h6-7H,3-5H2,1-2H3;5-7H,2-4H2,1H3. The molecule has 0 aliphatic carbocycles. The summed E-state index contributed by atoms with van der Waals surface area (Å²) in [5.74, 6) is 0. The first-order valence-corrected chi connectivity index (χ1v) is 5.51. The van der Waals surface area contributed by atoms with Crippen LogP contribution in [0, 0.1) is 0 Å². The predicted octanol–water partition coefficient (Wildman–Crippen LogP) is 1.70. The maximum Gasteiger partial charge on any atom is 0.0513 e. The summed E-state index contributed by atoms with van der Waals surface area (Å²) in [6, 6.07) is 0. The van der Waals surface area contributed by atoms with Crippen LogP contribution in [-0.2, 0) is 0 Å². The summed E-state index contributed by atoms with van der Waals surface area (Å²) in [4.78, 5) is 0. The minimum Gasteiger partial charge on any atom is -0.396 e. The lowest BCUT2D eigenvalue weighted by molar-refractivity contribution is 0.167. The van der Waals surface area contributed by atoms with Gasteiger partial charge in [-0.3, -0.25) is 0 Å². The van der Waals surface area contributed by atoms with Gasteiger partial charge in [0.25, 0.3) is 0 Å². The van der Waals surface area contributed by atoms with Gasteiger partial charge in [-0.15, -0.1) is 0 Å². The summed E-state index contributed by atoms with van der Waals surface area (Å²) in [5, 5.41) is 25.5. The van der Waals surface area contributed by atoms with Crippen LogP contribution in [0.5, 0.6) is 0 Å². The van der Waals surface area contributed by atoms with Gasteiger partial charge in [-0.25, -0.2) is 0 Å². The molecule has 0 radical (unpaired) electrons. The fourth-order valence-electron chi connectivity index (χ4n) is 0.886. The van der Waals surface area contributed by atoms with Gasteiger partial charge < -0.3 is 15.3 Å². The molecule has 3 heteroatoms. The van der Waals surface area contributed by atoms with Crippen molar-refractivity contribution < 1.29 is 15.3 Å². The van der Waals surface area contributed by atoms with Gasteiger partial charge in [0.1, 0.15) is 0 Å². The average molecular weight is 206 g/mol. The predicted molar refractivity (Wildman–Crippen MR) is 59.2 cm³/mol. The first-order valence-electron chi connectivity index (χ1n) is 5.51. The Bertz CT molecular complexity index is 80.5. The van der Waals surface area contributed by atoms with Crippen molar-refractivity contribution in [3.8, 4) is 0 Å². The number of hydrogen-bond donors (Lipinski definition) is 3. The highest BCUT2D eigenvalue weighted by atomic mass is 16.3. The monoisotopic (exact) mass is 206 g/mol.